The zero-order valence-corrected chi connectivity index (χ0v) is 14.0. The predicted octanol–water partition coefficient (Wildman–Crippen LogP) is 3.82. The molecule has 0 atom stereocenters. The van der Waals surface area contributed by atoms with Gasteiger partial charge in [-0.1, -0.05) is 18.9 Å². The van der Waals surface area contributed by atoms with Gasteiger partial charge in [-0.2, -0.15) is 0 Å². The molecule has 0 aromatic heterocycles. The Balaban J connectivity index is 1.58. The summed E-state index contributed by atoms with van der Waals surface area (Å²) in [5.74, 6) is 1.96. The number of benzene rings is 1. The highest BCUT2D eigenvalue weighted by Crippen LogP contribution is 2.32. The fourth-order valence-corrected chi connectivity index (χ4v) is 3.63. The smallest absolute Gasteiger partial charge is 0.223 e. The number of hydrogen-bond acceptors (Lipinski definition) is 3. The molecule has 4 nitrogen and oxygen atoms in total. The zero-order valence-electron chi connectivity index (χ0n) is 14.0. The van der Waals surface area contributed by atoms with E-state index in [9.17, 15) is 4.79 Å². The quantitative estimate of drug-likeness (QED) is 0.867. The second-order valence-corrected chi connectivity index (χ2v) is 6.71. The third-order valence-electron chi connectivity index (χ3n) is 5.02. The summed E-state index contributed by atoms with van der Waals surface area (Å²) in [6.07, 6.45) is 9.49. The van der Waals surface area contributed by atoms with E-state index in [-0.39, 0.29) is 11.8 Å². The second-order valence-electron chi connectivity index (χ2n) is 6.71. The molecule has 1 N–H and O–H groups in total. The van der Waals surface area contributed by atoms with Gasteiger partial charge >= 0.3 is 0 Å². The minimum Gasteiger partial charge on any atom is -0.493 e. The van der Waals surface area contributed by atoms with Crippen molar-refractivity contribution in [2.45, 2.75) is 64.0 Å². The highest BCUT2D eigenvalue weighted by atomic mass is 16.5. The van der Waals surface area contributed by atoms with Gasteiger partial charge in [0.15, 0.2) is 11.5 Å². The van der Waals surface area contributed by atoms with Crippen LogP contribution in [-0.4, -0.2) is 19.1 Å². The number of nitrogens with one attached hydrogen (secondary N) is 1. The summed E-state index contributed by atoms with van der Waals surface area (Å²) in [6, 6.07) is 5.95. The lowest BCUT2D eigenvalue weighted by molar-refractivity contribution is -0.124. The van der Waals surface area contributed by atoms with E-state index in [1.54, 1.807) is 7.11 Å². The summed E-state index contributed by atoms with van der Waals surface area (Å²) in [5, 5.41) is 3.05. The first-order valence-electron chi connectivity index (χ1n) is 8.87. The molecule has 1 aromatic carbocycles. The van der Waals surface area contributed by atoms with Crippen molar-refractivity contribution in [1.29, 1.82) is 0 Å². The Bertz CT molecular complexity index is 531. The Morgan fingerprint density at radius 1 is 1.09 bits per heavy atom. The molecule has 23 heavy (non-hydrogen) atoms. The first-order valence-corrected chi connectivity index (χ1v) is 8.87. The van der Waals surface area contributed by atoms with Crippen LogP contribution in [-0.2, 0) is 11.3 Å². The molecule has 1 amide bonds. The molecule has 1 aromatic rings. The van der Waals surface area contributed by atoms with E-state index in [2.05, 4.69) is 5.32 Å². The maximum atomic E-state index is 12.1. The van der Waals surface area contributed by atoms with E-state index in [1.165, 1.54) is 25.7 Å². The van der Waals surface area contributed by atoms with Crippen molar-refractivity contribution in [2.75, 3.05) is 7.11 Å². The van der Waals surface area contributed by atoms with Gasteiger partial charge in [-0.05, 0) is 56.2 Å². The van der Waals surface area contributed by atoms with Gasteiger partial charge in [0.2, 0.25) is 5.91 Å². The summed E-state index contributed by atoms with van der Waals surface area (Å²) in [5.41, 5.74) is 1.05. The molecule has 0 spiro atoms. The summed E-state index contributed by atoms with van der Waals surface area (Å²) in [4.78, 5) is 12.1. The van der Waals surface area contributed by atoms with E-state index >= 15 is 0 Å². The van der Waals surface area contributed by atoms with Crippen LogP contribution < -0.4 is 14.8 Å². The Hall–Kier alpha value is -1.71. The van der Waals surface area contributed by atoms with Gasteiger partial charge in [0.05, 0.1) is 13.2 Å². The third-order valence-corrected chi connectivity index (χ3v) is 5.02. The van der Waals surface area contributed by atoms with Crippen molar-refractivity contribution in [3.63, 3.8) is 0 Å². The van der Waals surface area contributed by atoms with E-state index < -0.39 is 0 Å². The van der Waals surface area contributed by atoms with Crippen LogP contribution in [0.4, 0.5) is 0 Å². The van der Waals surface area contributed by atoms with Gasteiger partial charge in [0.25, 0.3) is 0 Å². The van der Waals surface area contributed by atoms with Gasteiger partial charge in [-0.3, -0.25) is 4.79 Å². The van der Waals surface area contributed by atoms with E-state index in [0.29, 0.717) is 12.6 Å². The molecule has 0 saturated heterocycles. The number of ether oxygens (including phenoxy) is 2. The van der Waals surface area contributed by atoms with E-state index in [0.717, 1.165) is 42.7 Å². The summed E-state index contributed by atoms with van der Waals surface area (Å²) in [6.45, 7) is 0.551. The first-order chi connectivity index (χ1) is 11.3. The second kappa shape index (κ2) is 7.71. The molecule has 2 fully saturated rings. The zero-order chi connectivity index (χ0) is 16.1. The lowest BCUT2D eigenvalue weighted by atomic mass is 10.1. The van der Waals surface area contributed by atoms with Crippen molar-refractivity contribution in [2.24, 2.45) is 5.92 Å². The van der Waals surface area contributed by atoms with Gasteiger partial charge in [-0.25, -0.2) is 0 Å². The Morgan fingerprint density at radius 3 is 2.48 bits per heavy atom. The number of methoxy groups -OCH3 is 1. The number of carbonyl (C=O) groups is 1. The highest BCUT2D eigenvalue weighted by molar-refractivity contribution is 5.78. The van der Waals surface area contributed by atoms with Gasteiger partial charge in [0.1, 0.15) is 0 Å². The van der Waals surface area contributed by atoms with E-state index in [1.807, 2.05) is 18.2 Å². The Kier molecular flexibility index (Phi) is 5.42. The maximum absolute atomic E-state index is 12.1. The molecule has 3 rings (SSSR count). The minimum absolute atomic E-state index is 0.188. The average Bonchev–Trinajstić information content (AvgIpc) is 3.27. The minimum atomic E-state index is 0.188. The van der Waals surface area contributed by atoms with Crippen LogP contribution in [0, 0.1) is 5.92 Å². The Labute approximate surface area is 138 Å². The van der Waals surface area contributed by atoms with Crippen LogP contribution in [0.1, 0.15) is 56.9 Å². The van der Waals surface area contributed by atoms with Gasteiger partial charge in [-0.15, -0.1) is 0 Å². The lowest BCUT2D eigenvalue weighted by Gasteiger charge is -2.17. The molecular weight excluding hydrogens is 290 g/mol. The maximum Gasteiger partial charge on any atom is 0.223 e. The molecule has 126 valence electrons. The van der Waals surface area contributed by atoms with Crippen molar-refractivity contribution in [3.8, 4) is 11.5 Å². The normalized spacial score (nSPS) is 19.0. The fraction of sp³-hybridized carbons (Fsp3) is 0.632. The standard InChI is InChI=1S/C19H27NO3/c1-22-18-12-14(13-20-19(21)15-6-2-3-7-15)10-11-17(18)23-16-8-4-5-9-16/h10-12,15-16H,2-9,13H2,1H3,(H,20,21). The third kappa shape index (κ3) is 4.18. The molecular formula is C19H27NO3. The SMILES string of the molecule is COc1cc(CNC(=O)C2CCCC2)ccc1OC1CCCC1. The molecule has 2 saturated carbocycles. The van der Waals surface area contributed by atoms with Crippen LogP contribution in [0.25, 0.3) is 0 Å². The molecule has 0 unspecified atom stereocenters. The molecule has 0 aliphatic heterocycles. The van der Waals surface area contributed by atoms with Crippen LogP contribution in [0.5, 0.6) is 11.5 Å². The van der Waals surface area contributed by atoms with Crippen LogP contribution in [0.3, 0.4) is 0 Å². The van der Waals surface area contributed by atoms with E-state index in [4.69, 9.17) is 9.47 Å². The lowest BCUT2D eigenvalue weighted by Crippen LogP contribution is -2.28. The average molecular weight is 317 g/mol. The largest absolute Gasteiger partial charge is 0.493 e. The highest BCUT2D eigenvalue weighted by Gasteiger charge is 2.22. The Morgan fingerprint density at radius 2 is 1.78 bits per heavy atom. The monoisotopic (exact) mass is 317 g/mol. The first kappa shape index (κ1) is 16.2. The number of amides is 1. The molecule has 2 aliphatic rings. The van der Waals surface area contributed by atoms with Crippen molar-refractivity contribution in [3.05, 3.63) is 23.8 Å². The fourth-order valence-electron chi connectivity index (χ4n) is 3.63. The molecule has 0 radical (unpaired) electrons. The van der Waals surface area contributed by atoms with Crippen LogP contribution in [0.2, 0.25) is 0 Å². The number of carbonyl (C=O) groups excluding carboxylic acids is 1. The van der Waals surface area contributed by atoms with Gasteiger partial charge < -0.3 is 14.8 Å². The van der Waals surface area contributed by atoms with Crippen molar-refractivity contribution < 1.29 is 14.3 Å². The molecule has 0 bridgehead atoms. The molecule has 4 heteroatoms. The van der Waals surface area contributed by atoms with Crippen LogP contribution >= 0.6 is 0 Å². The topological polar surface area (TPSA) is 47.6 Å². The van der Waals surface area contributed by atoms with Gasteiger partial charge in [0, 0.05) is 12.5 Å². The van der Waals surface area contributed by atoms with Crippen molar-refractivity contribution in [1.82, 2.24) is 5.32 Å². The molecule has 0 heterocycles. The molecule has 2 aliphatic carbocycles. The summed E-state index contributed by atoms with van der Waals surface area (Å²) >= 11 is 0. The van der Waals surface area contributed by atoms with Crippen molar-refractivity contribution >= 4 is 5.91 Å². The van der Waals surface area contributed by atoms with Crippen LogP contribution in [0.15, 0.2) is 18.2 Å². The summed E-state index contributed by atoms with van der Waals surface area (Å²) < 4.78 is 11.5. The predicted molar refractivity (Wildman–Crippen MR) is 89.7 cm³/mol. The summed E-state index contributed by atoms with van der Waals surface area (Å²) in [7, 11) is 1.66. The number of hydrogen-bond donors (Lipinski definition) is 1. The number of rotatable bonds is 6.